The van der Waals surface area contributed by atoms with Crippen molar-refractivity contribution in [3.63, 3.8) is 0 Å². The predicted octanol–water partition coefficient (Wildman–Crippen LogP) is -0.294. The summed E-state index contributed by atoms with van der Waals surface area (Å²) in [6.07, 6.45) is 4.57. The molecule has 1 unspecified atom stereocenters. The van der Waals surface area contributed by atoms with Crippen molar-refractivity contribution in [3.05, 3.63) is 35.9 Å². The van der Waals surface area contributed by atoms with Crippen LogP contribution in [0.3, 0.4) is 0 Å². The number of hydrogen-bond acceptors (Lipinski definition) is 3. The van der Waals surface area contributed by atoms with E-state index in [2.05, 4.69) is 23.9 Å². The van der Waals surface area contributed by atoms with Gasteiger partial charge in [0.1, 0.15) is 0 Å². The Morgan fingerprint density at radius 3 is 3.06 bits per heavy atom. The molecule has 0 aromatic carbocycles. The van der Waals surface area contributed by atoms with E-state index in [-0.39, 0.29) is 5.91 Å². The van der Waals surface area contributed by atoms with E-state index in [1.807, 2.05) is 0 Å². The second-order valence-corrected chi connectivity index (χ2v) is 4.09. The molecule has 0 saturated carbocycles. The first-order valence-corrected chi connectivity index (χ1v) is 5.92. The van der Waals surface area contributed by atoms with E-state index in [1.165, 1.54) is 6.26 Å². The maximum atomic E-state index is 11.6. The number of carbonyl (C=O) groups excluding carboxylic acids is 1. The van der Waals surface area contributed by atoms with Crippen molar-refractivity contribution in [2.45, 2.75) is 13.3 Å². The molecule has 92 valence electrons. The third-order valence-electron chi connectivity index (χ3n) is 2.97. The fourth-order valence-corrected chi connectivity index (χ4v) is 1.82. The van der Waals surface area contributed by atoms with Crippen LogP contribution in [-0.2, 0) is 0 Å². The Bertz CT molecular complexity index is 398. The van der Waals surface area contributed by atoms with Crippen LogP contribution in [0.25, 0.3) is 0 Å². The minimum atomic E-state index is -0.249. The van der Waals surface area contributed by atoms with Crippen molar-refractivity contribution in [1.82, 2.24) is 10.9 Å². The summed E-state index contributed by atoms with van der Waals surface area (Å²) in [4.78, 5) is 13.1. The van der Waals surface area contributed by atoms with E-state index >= 15 is 0 Å². The molecule has 1 aliphatic heterocycles. The smallest absolute Gasteiger partial charge is 0.305 e. The van der Waals surface area contributed by atoms with Crippen LogP contribution in [0.5, 0.6) is 0 Å². The fraction of sp³-hybridized carbons (Fsp3) is 0.417. The zero-order valence-electron chi connectivity index (χ0n) is 9.95. The second kappa shape index (κ2) is 5.54. The van der Waals surface area contributed by atoms with Crippen LogP contribution in [-0.4, -0.2) is 25.5 Å². The van der Waals surface area contributed by atoms with Gasteiger partial charge in [0.2, 0.25) is 0 Å². The number of likely N-dealkylation sites (N-methyl/N-ethyl adjacent to an activating group) is 1. The molecule has 0 radical (unpaired) electrons. The van der Waals surface area contributed by atoms with Gasteiger partial charge in [0.25, 0.3) is 0 Å². The Balaban J connectivity index is 1.79. The molecule has 5 nitrogen and oxygen atoms in total. The third-order valence-corrected chi connectivity index (χ3v) is 2.97. The van der Waals surface area contributed by atoms with Crippen LogP contribution in [0, 0.1) is 0 Å². The number of quaternary nitrogens is 1. The number of nitrogens with one attached hydrogen (secondary N) is 3. The Labute approximate surface area is 100 Å². The zero-order valence-corrected chi connectivity index (χ0v) is 9.95. The van der Waals surface area contributed by atoms with Crippen LogP contribution >= 0.6 is 0 Å². The molecule has 3 N–H and O–H groups in total. The SMILES string of the molecule is CC[NH+]1CC=C(NNC(=O)c2ccco2)CC1. The maximum absolute atomic E-state index is 11.6. The van der Waals surface area contributed by atoms with Gasteiger partial charge in [0, 0.05) is 12.1 Å². The molecule has 2 heterocycles. The van der Waals surface area contributed by atoms with Gasteiger partial charge in [-0.05, 0) is 25.1 Å². The lowest BCUT2D eigenvalue weighted by molar-refractivity contribution is -0.893. The lowest BCUT2D eigenvalue weighted by Crippen LogP contribution is -3.12. The topological polar surface area (TPSA) is 58.7 Å². The fourth-order valence-electron chi connectivity index (χ4n) is 1.82. The van der Waals surface area contributed by atoms with Crippen molar-refractivity contribution in [3.8, 4) is 0 Å². The van der Waals surface area contributed by atoms with Gasteiger partial charge in [0.15, 0.2) is 5.76 Å². The molecule has 5 heteroatoms. The van der Waals surface area contributed by atoms with Gasteiger partial charge < -0.3 is 14.7 Å². The number of furan rings is 1. The minimum absolute atomic E-state index is 0.249. The minimum Gasteiger partial charge on any atom is -0.459 e. The number of carbonyl (C=O) groups is 1. The molecule has 0 aliphatic carbocycles. The Kier molecular flexibility index (Phi) is 3.82. The first-order valence-electron chi connectivity index (χ1n) is 5.92. The molecular formula is C12H18N3O2+. The van der Waals surface area contributed by atoms with E-state index in [9.17, 15) is 4.79 Å². The molecule has 1 aliphatic rings. The summed E-state index contributed by atoms with van der Waals surface area (Å²) in [6, 6.07) is 3.33. The van der Waals surface area contributed by atoms with Gasteiger partial charge >= 0.3 is 5.91 Å². The zero-order chi connectivity index (χ0) is 12.1. The Morgan fingerprint density at radius 1 is 1.59 bits per heavy atom. The third kappa shape index (κ3) is 3.10. The Hall–Kier alpha value is -1.75. The second-order valence-electron chi connectivity index (χ2n) is 4.09. The highest BCUT2D eigenvalue weighted by atomic mass is 16.3. The molecule has 1 aromatic heterocycles. The number of rotatable bonds is 4. The Morgan fingerprint density at radius 2 is 2.47 bits per heavy atom. The molecular weight excluding hydrogens is 218 g/mol. The van der Waals surface area contributed by atoms with Gasteiger partial charge in [-0.3, -0.25) is 10.2 Å². The first-order chi connectivity index (χ1) is 8.29. The summed E-state index contributed by atoms with van der Waals surface area (Å²) in [5.41, 5.74) is 6.64. The van der Waals surface area contributed by atoms with Crippen LogP contribution < -0.4 is 15.8 Å². The van der Waals surface area contributed by atoms with E-state index in [0.717, 1.165) is 31.8 Å². The summed E-state index contributed by atoms with van der Waals surface area (Å²) >= 11 is 0. The van der Waals surface area contributed by atoms with E-state index in [1.54, 1.807) is 17.0 Å². The van der Waals surface area contributed by atoms with Crippen molar-refractivity contribution in [2.75, 3.05) is 19.6 Å². The quantitative estimate of drug-likeness (QED) is 0.629. The van der Waals surface area contributed by atoms with Gasteiger partial charge in [-0.1, -0.05) is 0 Å². The predicted molar refractivity (Wildman–Crippen MR) is 63.2 cm³/mol. The van der Waals surface area contributed by atoms with Crippen molar-refractivity contribution in [1.29, 1.82) is 0 Å². The maximum Gasteiger partial charge on any atom is 0.305 e. The van der Waals surface area contributed by atoms with Crippen LogP contribution in [0.1, 0.15) is 23.9 Å². The van der Waals surface area contributed by atoms with Crippen molar-refractivity contribution >= 4 is 5.91 Å². The summed E-state index contributed by atoms with van der Waals surface area (Å²) in [5, 5.41) is 0. The average Bonchev–Trinajstić information content (AvgIpc) is 2.90. The molecule has 17 heavy (non-hydrogen) atoms. The highest BCUT2D eigenvalue weighted by Gasteiger charge is 2.14. The summed E-state index contributed by atoms with van der Waals surface area (Å²) in [6.45, 7) is 5.43. The van der Waals surface area contributed by atoms with Gasteiger partial charge in [-0.15, -0.1) is 0 Å². The number of hydrazine groups is 1. The molecule has 0 bridgehead atoms. The van der Waals surface area contributed by atoms with Gasteiger partial charge in [0.05, 0.1) is 25.9 Å². The number of amides is 1. The average molecular weight is 236 g/mol. The monoisotopic (exact) mass is 236 g/mol. The molecule has 2 rings (SSSR count). The first kappa shape index (κ1) is 11.7. The van der Waals surface area contributed by atoms with Crippen LogP contribution in [0.15, 0.2) is 34.6 Å². The molecule has 1 atom stereocenters. The molecule has 0 fully saturated rings. The lowest BCUT2D eigenvalue weighted by atomic mass is 10.2. The van der Waals surface area contributed by atoms with Gasteiger partial charge in [-0.25, -0.2) is 0 Å². The largest absolute Gasteiger partial charge is 0.459 e. The van der Waals surface area contributed by atoms with E-state index < -0.39 is 0 Å². The summed E-state index contributed by atoms with van der Waals surface area (Å²) < 4.78 is 4.99. The highest BCUT2D eigenvalue weighted by Crippen LogP contribution is 2.00. The number of hydrogen-bond donors (Lipinski definition) is 3. The standard InChI is InChI=1S/C12H17N3O2/c1-2-15-7-5-10(6-8-15)13-14-12(16)11-4-3-9-17-11/h3-5,9,13H,2,6-8H2,1H3,(H,14,16)/p+1. The lowest BCUT2D eigenvalue weighted by Gasteiger charge is -2.22. The summed E-state index contributed by atoms with van der Waals surface area (Å²) in [7, 11) is 0. The van der Waals surface area contributed by atoms with E-state index in [0.29, 0.717) is 5.76 Å². The molecule has 1 aromatic rings. The van der Waals surface area contributed by atoms with E-state index in [4.69, 9.17) is 4.42 Å². The molecule has 0 spiro atoms. The normalized spacial score (nSPS) is 19.6. The highest BCUT2D eigenvalue weighted by molar-refractivity contribution is 5.91. The van der Waals surface area contributed by atoms with Crippen molar-refractivity contribution < 1.29 is 14.1 Å². The van der Waals surface area contributed by atoms with Gasteiger partial charge in [-0.2, -0.15) is 0 Å². The molecule has 0 saturated heterocycles. The van der Waals surface area contributed by atoms with Crippen LogP contribution in [0.2, 0.25) is 0 Å². The van der Waals surface area contributed by atoms with Crippen LogP contribution in [0.4, 0.5) is 0 Å². The van der Waals surface area contributed by atoms with Crippen molar-refractivity contribution in [2.24, 2.45) is 0 Å². The molecule has 1 amide bonds. The summed E-state index contributed by atoms with van der Waals surface area (Å²) in [5.74, 6) is 0.0656.